The molecular weight excluding hydrogens is 562 g/mol. The van der Waals surface area contributed by atoms with Crippen LogP contribution in [0, 0.1) is 0 Å². The number of alkyl halides is 6. The number of unbranched alkanes of at least 4 members (excludes halogenated alkanes) is 10. The Bertz CT molecular complexity index is 803. The summed E-state index contributed by atoms with van der Waals surface area (Å²) in [6.45, 7) is 6.51. The van der Waals surface area contributed by atoms with Crippen molar-refractivity contribution < 1.29 is 47.8 Å². The molecule has 1 saturated heterocycles. The third-order valence-corrected chi connectivity index (χ3v) is 10.2. The predicted octanol–water partition coefficient (Wildman–Crippen LogP) is 5.68. The zero-order valence-corrected chi connectivity index (χ0v) is 24.0. The van der Waals surface area contributed by atoms with Crippen LogP contribution in [-0.2, 0) is 20.0 Å². The van der Waals surface area contributed by atoms with Crippen LogP contribution in [0.3, 0.4) is 0 Å². The van der Waals surface area contributed by atoms with Crippen molar-refractivity contribution in [3.05, 3.63) is 0 Å². The van der Waals surface area contributed by atoms with Gasteiger partial charge in [0, 0.05) is 19.4 Å². The Hall–Kier alpha value is -0.680. The normalized spacial score (nSPS) is 16.5. The van der Waals surface area contributed by atoms with E-state index in [2.05, 4.69) is 12.5 Å². The molecule has 8 nitrogen and oxygen atoms in total. The van der Waals surface area contributed by atoms with Gasteiger partial charge >= 0.3 is 31.1 Å². The summed E-state index contributed by atoms with van der Waals surface area (Å²) in [4.78, 5) is 0. The first-order chi connectivity index (χ1) is 17.5. The lowest BCUT2D eigenvalue weighted by Gasteiger charge is -2.31. The van der Waals surface area contributed by atoms with Crippen molar-refractivity contribution in [2.24, 2.45) is 5.84 Å². The number of rotatable bonds is 17. The molecule has 1 heterocycles. The standard InChI is InChI=1S/C12H21F6NO4S2.C10H24N3/c1-2-3-4-5-6-7-8-9-10-19(24(20,21)11(13,14)15)25(22,23)12(16,17)18;1-2-3-4-5-8-13(12-11)9-6-7-10-13/h2-10H2,1H3;12H,2-11H2,1H3/q;+1. The number of hydrogen-bond acceptors (Lipinski definition) is 6. The average Bonchev–Trinajstić information content (AvgIpc) is 3.29. The van der Waals surface area contributed by atoms with Crippen LogP contribution in [0.4, 0.5) is 26.3 Å². The molecule has 0 aromatic rings. The molecule has 0 aromatic heterocycles. The molecule has 0 aromatic carbocycles. The lowest BCUT2D eigenvalue weighted by molar-refractivity contribution is -0.960. The molecule has 1 fully saturated rings. The first kappa shape index (κ1) is 37.3. The largest absolute Gasteiger partial charge is 0.512 e. The Morgan fingerprint density at radius 1 is 0.684 bits per heavy atom. The molecule has 38 heavy (non-hydrogen) atoms. The van der Waals surface area contributed by atoms with E-state index < -0.39 is 47.7 Å². The molecule has 1 rings (SSSR count). The quantitative estimate of drug-likeness (QED) is 0.0724. The highest BCUT2D eigenvalue weighted by Crippen LogP contribution is 2.35. The summed E-state index contributed by atoms with van der Waals surface area (Å²) in [5.41, 5.74) is -9.30. The minimum Gasteiger partial charge on any atom is -0.232 e. The number of nitrogens with two attached hydrogens (primary N) is 1. The second kappa shape index (κ2) is 17.2. The maximum Gasteiger partial charge on any atom is 0.512 e. The minimum atomic E-state index is -6.66. The van der Waals surface area contributed by atoms with E-state index in [1.165, 1.54) is 58.2 Å². The fraction of sp³-hybridized carbons (Fsp3) is 1.00. The monoisotopic (exact) mass is 607 g/mol. The number of nitrogens with one attached hydrogen (secondary N) is 1. The van der Waals surface area contributed by atoms with E-state index >= 15 is 0 Å². The van der Waals surface area contributed by atoms with Crippen molar-refractivity contribution in [1.82, 2.24) is 9.25 Å². The topological polar surface area (TPSA) is 110 Å². The Morgan fingerprint density at radius 2 is 1.05 bits per heavy atom. The summed E-state index contributed by atoms with van der Waals surface area (Å²) in [6, 6.07) is 0. The third kappa shape index (κ3) is 12.2. The highest BCUT2D eigenvalue weighted by molar-refractivity contribution is 8.04. The second-order valence-electron chi connectivity index (χ2n) is 9.59. The summed E-state index contributed by atoms with van der Waals surface area (Å²) in [5, 5.41) is 0. The number of quaternary nitrogens is 1. The van der Waals surface area contributed by atoms with Crippen molar-refractivity contribution in [1.29, 1.82) is 0 Å². The SMILES string of the molecule is CCCCCCCCCCN(S(=O)(=O)C(F)(F)F)S(=O)(=O)C(F)(F)F.CCCCCC[N+]1(NN)CCCC1. The van der Waals surface area contributed by atoms with E-state index in [1.54, 1.807) is 0 Å². The van der Waals surface area contributed by atoms with Gasteiger partial charge in [-0.05, 0) is 19.3 Å². The van der Waals surface area contributed by atoms with Crippen molar-refractivity contribution in [3.63, 3.8) is 0 Å². The molecule has 1 aliphatic rings. The van der Waals surface area contributed by atoms with E-state index in [-0.39, 0.29) is 6.42 Å². The van der Waals surface area contributed by atoms with E-state index in [4.69, 9.17) is 5.84 Å². The van der Waals surface area contributed by atoms with Gasteiger partial charge in [0.05, 0.1) is 19.6 Å². The van der Waals surface area contributed by atoms with Crippen LogP contribution >= 0.6 is 0 Å². The van der Waals surface area contributed by atoms with Crippen LogP contribution in [0.2, 0.25) is 0 Å². The van der Waals surface area contributed by atoms with Crippen molar-refractivity contribution in [2.45, 2.75) is 115 Å². The molecular formula is C22H45F6N4O4S2+. The van der Waals surface area contributed by atoms with Crippen LogP contribution < -0.4 is 11.4 Å². The maximum absolute atomic E-state index is 12.5. The van der Waals surface area contributed by atoms with E-state index in [0.717, 1.165) is 30.3 Å². The van der Waals surface area contributed by atoms with Gasteiger partial charge in [-0.1, -0.05) is 75.3 Å². The lowest BCUT2D eigenvalue weighted by atomic mass is 10.1. The van der Waals surface area contributed by atoms with E-state index in [1.807, 2.05) is 6.92 Å². The molecule has 1 aliphatic heterocycles. The fourth-order valence-corrected chi connectivity index (χ4v) is 6.92. The van der Waals surface area contributed by atoms with Gasteiger partial charge in [-0.15, -0.1) is 5.53 Å². The molecule has 0 saturated carbocycles. The van der Waals surface area contributed by atoms with Gasteiger partial charge in [-0.2, -0.15) is 26.3 Å². The van der Waals surface area contributed by atoms with Gasteiger partial charge in [0.15, 0.2) is 0 Å². The van der Waals surface area contributed by atoms with E-state index in [9.17, 15) is 43.2 Å². The van der Waals surface area contributed by atoms with Crippen molar-refractivity contribution >= 4 is 20.0 Å². The number of hydrazine groups is 1. The average molecular weight is 608 g/mol. The van der Waals surface area contributed by atoms with Crippen LogP contribution in [0.5, 0.6) is 0 Å². The third-order valence-electron chi connectivity index (χ3n) is 6.45. The zero-order valence-electron chi connectivity index (χ0n) is 22.4. The number of halogens is 6. The van der Waals surface area contributed by atoms with Gasteiger partial charge in [0.2, 0.25) is 0 Å². The summed E-state index contributed by atoms with van der Waals surface area (Å²) in [7, 11) is -13.3. The van der Waals surface area contributed by atoms with Gasteiger partial charge < -0.3 is 0 Å². The Kier molecular flexibility index (Phi) is 16.9. The Morgan fingerprint density at radius 3 is 1.42 bits per heavy atom. The Labute approximate surface area is 223 Å². The number of nitrogens with zero attached hydrogens (tertiary/aromatic N) is 2. The van der Waals surface area contributed by atoms with Crippen LogP contribution in [-0.4, -0.2) is 62.3 Å². The smallest absolute Gasteiger partial charge is 0.232 e. The first-order valence-corrected chi connectivity index (χ1v) is 16.1. The Balaban J connectivity index is 0.000000875. The molecule has 0 spiro atoms. The fourth-order valence-electron chi connectivity index (χ4n) is 4.17. The van der Waals surface area contributed by atoms with Crippen molar-refractivity contribution in [3.8, 4) is 0 Å². The maximum atomic E-state index is 12.5. The summed E-state index contributed by atoms with van der Waals surface area (Å²) in [6.07, 6.45) is 12.6. The molecule has 0 amide bonds. The molecule has 0 radical (unpaired) electrons. The predicted molar refractivity (Wildman–Crippen MR) is 135 cm³/mol. The van der Waals surface area contributed by atoms with Gasteiger partial charge in [0.1, 0.15) is 0 Å². The highest BCUT2D eigenvalue weighted by Gasteiger charge is 2.61. The first-order valence-electron chi connectivity index (χ1n) is 13.3. The molecule has 0 atom stereocenters. The second-order valence-corrected chi connectivity index (χ2v) is 13.5. The summed E-state index contributed by atoms with van der Waals surface area (Å²) < 4.78 is 119. The molecule has 0 unspecified atom stereocenters. The van der Waals surface area contributed by atoms with Crippen LogP contribution in [0.15, 0.2) is 0 Å². The number of hydrogen-bond donors (Lipinski definition) is 2. The molecule has 3 N–H and O–H groups in total. The van der Waals surface area contributed by atoms with E-state index in [0.29, 0.717) is 12.8 Å². The number of likely N-dealkylation sites (tertiary alicyclic amines) is 1. The number of sulfonamides is 2. The summed E-state index contributed by atoms with van der Waals surface area (Å²) >= 11 is 0. The molecule has 16 heteroatoms. The molecule has 0 bridgehead atoms. The zero-order chi connectivity index (χ0) is 29.5. The van der Waals surface area contributed by atoms with Crippen LogP contribution in [0.1, 0.15) is 104 Å². The summed E-state index contributed by atoms with van der Waals surface area (Å²) in [5.74, 6) is 5.61. The van der Waals surface area contributed by atoms with Crippen molar-refractivity contribution in [2.75, 3.05) is 26.2 Å². The molecule has 0 aliphatic carbocycles. The minimum absolute atomic E-state index is 0.114. The lowest BCUT2D eigenvalue weighted by Crippen LogP contribution is -2.59. The van der Waals surface area contributed by atoms with Crippen LogP contribution in [0.25, 0.3) is 0 Å². The molecule has 230 valence electrons. The van der Waals surface area contributed by atoms with Gasteiger partial charge in [0.25, 0.3) is 0 Å². The highest BCUT2D eigenvalue weighted by atomic mass is 32.3. The van der Waals surface area contributed by atoms with Gasteiger partial charge in [-0.3, -0.25) is 0 Å². The van der Waals surface area contributed by atoms with Gasteiger partial charge in [-0.25, -0.2) is 27.3 Å².